The number of hydrogen-bond acceptors (Lipinski definition) is 7. The molecular formula is C18H17N5O6. The molecule has 0 spiro atoms. The first-order valence-corrected chi connectivity index (χ1v) is 8.52. The van der Waals surface area contributed by atoms with Crippen molar-refractivity contribution >= 4 is 23.2 Å². The molecule has 1 aromatic carbocycles. The number of nitro benzene ring substituents is 1. The van der Waals surface area contributed by atoms with E-state index < -0.39 is 16.7 Å². The van der Waals surface area contributed by atoms with E-state index in [0.717, 1.165) is 0 Å². The number of non-ortho nitro benzene ring substituents is 1. The number of primary amides is 1. The molecule has 2 amide bonds. The Hall–Kier alpha value is -4.15. The second kappa shape index (κ2) is 8.25. The maximum absolute atomic E-state index is 12.4. The highest BCUT2D eigenvalue weighted by Crippen LogP contribution is 2.20. The average molecular weight is 399 g/mol. The van der Waals surface area contributed by atoms with E-state index in [2.05, 4.69) is 10.4 Å². The maximum Gasteiger partial charge on any atom is 0.291 e. The summed E-state index contributed by atoms with van der Waals surface area (Å²) >= 11 is 0. The lowest BCUT2D eigenvalue weighted by atomic mass is 10.3. The largest absolute Gasteiger partial charge is 0.486 e. The molecule has 2 aromatic heterocycles. The highest BCUT2D eigenvalue weighted by atomic mass is 16.6. The van der Waals surface area contributed by atoms with Gasteiger partial charge in [0.05, 0.1) is 10.6 Å². The molecule has 0 aliphatic heterocycles. The van der Waals surface area contributed by atoms with E-state index in [9.17, 15) is 19.7 Å². The number of nitro groups is 1. The van der Waals surface area contributed by atoms with Gasteiger partial charge in [0.25, 0.3) is 17.5 Å². The molecule has 0 bridgehead atoms. The molecule has 11 nitrogen and oxygen atoms in total. The summed E-state index contributed by atoms with van der Waals surface area (Å²) in [4.78, 5) is 34.0. The van der Waals surface area contributed by atoms with Crippen molar-refractivity contribution in [2.24, 2.45) is 5.73 Å². The molecule has 0 saturated carbocycles. The molecule has 0 unspecified atom stereocenters. The lowest BCUT2D eigenvalue weighted by Crippen LogP contribution is -2.17. The zero-order chi connectivity index (χ0) is 21.0. The molecule has 29 heavy (non-hydrogen) atoms. The van der Waals surface area contributed by atoms with Crippen LogP contribution in [-0.4, -0.2) is 26.5 Å². The number of carbonyl (C=O) groups is 2. The molecule has 150 valence electrons. The summed E-state index contributed by atoms with van der Waals surface area (Å²) in [5, 5.41) is 17.2. The second-order valence-electron chi connectivity index (χ2n) is 5.87. The van der Waals surface area contributed by atoms with Crippen molar-refractivity contribution in [2.75, 3.05) is 5.32 Å². The molecule has 3 aromatic rings. The fourth-order valence-corrected chi connectivity index (χ4v) is 2.44. The smallest absolute Gasteiger partial charge is 0.291 e. The Kier molecular flexibility index (Phi) is 5.58. The number of aromatic nitrogens is 2. The fraction of sp³-hybridized carbons (Fsp3) is 0.167. The van der Waals surface area contributed by atoms with Crippen molar-refractivity contribution in [1.29, 1.82) is 0 Å². The van der Waals surface area contributed by atoms with Gasteiger partial charge < -0.3 is 20.2 Å². The fourth-order valence-electron chi connectivity index (χ4n) is 2.44. The van der Waals surface area contributed by atoms with Crippen LogP contribution in [0.15, 0.2) is 47.0 Å². The highest BCUT2D eigenvalue weighted by molar-refractivity contribution is 6.06. The monoisotopic (exact) mass is 399 g/mol. The van der Waals surface area contributed by atoms with Gasteiger partial charge in [0.2, 0.25) is 0 Å². The predicted octanol–water partition coefficient (Wildman–Crippen LogP) is 2.33. The molecule has 3 N–H and O–H groups in total. The van der Waals surface area contributed by atoms with Crippen LogP contribution in [0.4, 0.5) is 11.4 Å². The quantitative estimate of drug-likeness (QED) is 0.435. The third-order valence-corrected chi connectivity index (χ3v) is 3.88. The Morgan fingerprint density at radius 1 is 1.28 bits per heavy atom. The summed E-state index contributed by atoms with van der Waals surface area (Å²) < 4.78 is 12.4. The number of amides is 2. The van der Waals surface area contributed by atoms with E-state index in [-0.39, 0.29) is 29.4 Å². The molecule has 0 saturated heterocycles. The van der Waals surface area contributed by atoms with E-state index >= 15 is 0 Å². The first-order chi connectivity index (χ1) is 13.9. The van der Waals surface area contributed by atoms with E-state index in [1.807, 2.05) is 6.92 Å². The van der Waals surface area contributed by atoms with Gasteiger partial charge in [0.15, 0.2) is 11.5 Å². The van der Waals surface area contributed by atoms with E-state index in [4.69, 9.17) is 14.9 Å². The Balaban J connectivity index is 1.63. The van der Waals surface area contributed by atoms with Gasteiger partial charge in [0, 0.05) is 24.9 Å². The lowest BCUT2D eigenvalue weighted by Gasteiger charge is -2.04. The standard InChI is InChI=1S/C18H17N5O6/c1-2-22-9-14(16(21-22)17(19)24)20-18(25)15-8-7-13(29-15)10-28-12-5-3-11(4-6-12)23(26)27/h3-9H,2,10H2,1H3,(H2,19,24)(H,20,25). The molecule has 0 aliphatic carbocycles. The number of nitrogens with one attached hydrogen (secondary N) is 1. The molecule has 0 fully saturated rings. The summed E-state index contributed by atoms with van der Waals surface area (Å²) in [6.07, 6.45) is 1.50. The van der Waals surface area contributed by atoms with Crippen LogP contribution in [0.5, 0.6) is 5.75 Å². The third-order valence-electron chi connectivity index (χ3n) is 3.88. The van der Waals surface area contributed by atoms with Gasteiger partial charge in [-0.2, -0.15) is 5.10 Å². The van der Waals surface area contributed by atoms with Crippen molar-refractivity contribution < 1.29 is 23.7 Å². The van der Waals surface area contributed by atoms with Crippen LogP contribution in [0.1, 0.15) is 33.7 Å². The zero-order valence-electron chi connectivity index (χ0n) is 15.3. The summed E-state index contributed by atoms with van der Waals surface area (Å²) in [5.41, 5.74) is 5.37. The Morgan fingerprint density at radius 2 is 2.00 bits per heavy atom. The number of furan rings is 1. The van der Waals surface area contributed by atoms with Crippen LogP contribution >= 0.6 is 0 Å². The number of carbonyl (C=O) groups excluding carboxylic acids is 2. The minimum absolute atomic E-state index is 0.00645. The van der Waals surface area contributed by atoms with E-state index in [1.54, 1.807) is 6.07 Å². The van der Waals surface area contributed by atoms with Crippen molar-refractivity contribution in [3.63, 3.8) is 0 Å². The minimum Gasteiger partial charge on any atom is -0.486 e. The number of rotatable bonds is 8. The Morgan fingerprint density at radius 3 is 2.62 bits per heavy atom. The number of nitrogens with two attached hydrogens (primary N) is 1. The Bertz CT molecular complexity index is 1050. The SMILES string of the molecule is CCn1cc(NC(=O)c2ccc(COc3ccc([N+](=O)[O-])cc3)o2)c(C(N)=O)n1. The molecule has 0 radical (unpaired) electrons. The zero-order valence-corrected chi connectivity index (χ0v) is 15.3. The van der Waals surface area contributed by atoms with Crippen molar-refractivity contribution in [2.45, 2.75) is 20.1 Å². The van der Waals surface area contributed by atoms with Crippen molar-refractivity contribution in [3.8, 4) is 5.75 Å². The first-order valence-electron chi connectivity index (χ1n) is 8.52. The number of benzene rings is 1. The van der Waals surface area contributed by atoms with Crippen LogP contribution < -0.4 is 15.8 Å². The normalized spacial score (nSPS) is 10.5. The molecular weight excluding hydrogens is 382 g/mol. The van der Waals surface area contributed by atoms with E-state index in [0.29, 0.717) is 18.1 Å². The van der Waals surface area contributed by atoms with Crippen molar-refractivity contribution in [1.82, 2.24) is 9.78 Å². The third kappa shape index (κ3) is 4.58. The summed E-state index contributed by atoms with van der Waals surface area (Å²) in [5.74, 6) is -0.551. The average Bonchev–Trinajstić information content (AvgIpc) is 3.33. The van der Waals surface area contributed by atoms with Gasteiger partial charge in [-0.15, -0.1) is 0 Å². The van der Waals surface area contributed by atoms with Crippen molar-refractivity contribution in [3.05, 3.63) is 69.9 Å². The number of nitrogens with zero attached hydrogens (tertiary/aromatic N) is 3. The lowest BCUT2D eigenvalue weighted by molar-refractivity contribution is -0.384. The predicted molar refractivity (Wildman–Crippen MR) is 101 cm³/mol. The van der Waals surface area contributed by atoms with Crippen LogP contribution in [0.2, 0.25) is 0 Å². The number of anilines is 1. The van der Waals surface area contributed by atoms with Crippen LogP contribution in [-0.2, 0) is 13.2 Å². The molecule has 11 heteroatoms. The molecule has 0 aliphatic rings. The molecule has 3 rings (SSSR count). The van der Waals surface area contributed by atoms with Gasteiger partial charge in [0.1, 0.15) is 18.1 Å². The minimum atomic E-state index is -0.760. The van der Waals surface area contributed by atoms with Crippen LogP contribution in [0, 0.1) is 10.1 Å². The Labute approximate surface area is 164 Å². The topological polar surface area (TPSA) is 156 Å². The first kappa shape index (κ1) is 19.6. The number of ether oxygens (including phenoxy) is 1. The number of hydrogen-bond donors (Lipinski definition) is 2. The van der Waals surface area contributed by atoms with Gasteiger partial charge in [-0.05, 0) is 31.2 Å². The van der Waals surface area contributed by atoms with E-state index in [1.165, 1.54) is 41.2 Å². The summed E-state index contributed by atoms with van der Waals surface area (Å²) in [7, 11) is 0. The maximum atomic E-state index is 12.4. The summed E-state index contributed by atoms with van der Waals surface area (Å²) in [6.45, 7) is 2.35. The van der Waals surface area contributed by atoms with Gasteiger partial charge in [-0.1, -0.05) is 0 Å². The van der Waals surface area contributed by atoms with Gasteiger partial charge in [-0.3, -0.25) is 24.4 Å². The summed E-state index contributed by atoms with van der Waals surface area (Å²) in [6, 6.07) is 8.59. The van der Waals surface area contributed by atoms with Gasteiger partial charge >= 0.3 is 0 Å². The number of aryl methyl sites for hydroxylation is 1. The van der Waals surface area contributed by atoms with Crippen LogP contribution in [0.25, 0.3) is 0 Å². The highest BCUT2D eigenvalue weighted by Gasteiger charge is 2.19. The molecule has 2 heterocycles. The second-order valence-corrected chi connectivity index (χ2v) is 5.87. The van der Waals surface area contributed by atoms with Gasteiger partial charge in [-0.25, -0.2) is 0 Å². The van der Waals surface area contributed by atoms with Crippen LogP contribution in [0.3, 0.4) is 0 Å². The molecule has 0 atom stereocenters.